The van der Waals surface area contributed by atoms with Crippen molar-refractivity contribution in [2.24, 2.45) is 5.73 Å². The summed E-state index contributed by atoms with van der Waals surface area (Å²) in [5.74, 6) is -0.385. The quantitative estimate of drug-likeness (QED) is 0.890. The monoisotopic (exact) mass is 254 g/mol. The van der Waals surface area contributed by atoms with Gasteiger partial charge in [0.05, 0.1) is 0 Å². The van der Waals surface area contributed by atoms with Crippen molar-refractivity contribution >= 4 is 5.91 Å². The standard InChI is InChI=1S/C16H18N2O/c1-18(11-13-5-3-2-4-6-13)12-14-7-9-15(10-8-14)16(17)19/h2-10H,11-12H2,1H3,(H2,17,19). The molecular weight excluding hydrogens is 236 g/mol. The molecule has 0 bridgehead atoms. The minimum atomic E-state index is -0.385. The molecule has 0 saturated carbocycles. The van der Waals surface area contributed by atoms with Crippen LogP contribution in [0.5, 0.6) is 0 Å². The topological polar surface area (TPSA) is 46.3 Å². The fourth-order valence-electron chi connectivity index (χ4n) is 2.04. The van der Waals surface area contributed by atoms with E-state index in [-0.39, 0.29) is 5.91 Å². The molecule has 0 aromatic heterocycles. The Hall–Kier alpha value is -2.13. The van der Waals surface area contributed by atoms with Crippen molar-refractivity contribution in [2.45, 2.75) is 13.1 Å². The normalized spacial score (nSPS) is 10.6. The highest BCUT2D eigenvalue weighted by Crippen LogP contribution is 2.09. The third-order valence-corrected chi connectivity index (χ3v) is 2.99. The molecule has 2 aromatic rings. The van der Waals surface area contributed by atoms with Gasteiger partial charge in [-0.15, -0.1) is 0 Å². The number of carbonyl (C=O) groups is 1. The molecule has 3 nitrogen and oxygen atoms in total. The first-order valence-electron chi connectivity index (χ1n) is 6.26. The van der Waals surface area contributed by atoms with E-state index in [1.54, 1.807) is 12.1 Å². The van der Waals surface area contributed by atoms with Crippen LogP contribution in [0.15, 0.2) is 54.6 Å². The molecule has 0 heterocycles. The summed E-state index contributed by atoms with van der Waals surface area (Å²) in [6.45, 7) is 1.74. The third-order valence-electron chi connectivity index (χ3n) is 2.99. The minimum absolute atomic E-state index is 0.385. The summed E-state index contributed by atoms with van der Waals surface area (Å²) < 4.78 is 0. The summed E-state index contributed by atoms with van der Waals surface area (Å²) in [5.41, 5.74) is 8.23. The van der Waals surface area contributed by atoms with Gasteiger partial charge in [0.2, 0.25) is 5.91 Å². The highest BCUT2D eigenvalue weighted by molar-refractivity contribution is 5.92. The van der Waals surface area contributed by atoms with Crippen LogP contribution in [0.3, 0.4) is 0 Å². The van der Waals surface area contributed by atoms with Crippen LogP contribution in [0, 0.1) is 0 Å². The number of hydrogen-bond acceptors (Lipinski definition) is 2. The summed E-state index contributed by atoms with van der Waals surface area (Å²) in [7, 11) is 2.08. The lowest BCUT2D eigenvalue weighted by Gasteiger charge is -2.16. The Morgan fingerprint density at radius 2 is 1.47 bits per heavy atom. The number of primary amides is 1. The van der Waals surface area contributed by atoms with Crippen molar-refractivity contribution in [3.63, 3.8) is 0 Å². The van der Waals surface area contributed by atoms with Gasteiger partial charge in [-0.05, 0) is 30.3 Å². The van der Waals surface area contributed by atoms with Crippen molar-refractivity contribution in [1.82, 2.24) is 4.90 Å². The molecule has 0 aliphatic heterocycles. The average molecular weight is 254 g/mol. The SMILES string of the molecule is CN(Cc1ccccc1)Cc1ccc(C(N)=O)cc1. The highest BCUT2D eigenvalue weighted by atomic mass is 16.1. The molecule has 0 saturated heterocycles. The fourth-order valence-corrected chi connectivity index (χ4v) is 2.04. The first-order valence-corrected chi connectivity index (χ1v) is 6.26. The van der Waals surface area contributed by atoms with E-state index in [1.807, 2.05) is 30.3 Å². The van der Waals surface area contributed by atoms with Gasteiger partial charge in [0, 0.05) is 18.7 Å². The van der Waals surface area contributed by atoms with Crippen molar-refractivity contribution in [3.8, 4) is 0 Å². The van der Waals surface area contributed by atoms with Gasteiger partial charge >= 0.3 is 0 Å². The molecule has 0 fully saturated rings. The molecule has 0 spiro atoms. The van der Waals surface area contributed by atoms with Gasteiger partial charge in [-0.1, -0.05) is 42.5 Å². The van der Waals surface area contributed by atoms with E-state index in [4.69, 9.17) is 5.73 Å². The van der Waals surface area contributed by atoms with Crippen molar-refractivity contribution < 1.29 is 4.79 Å². The maximum absolute atomic E-state index is 11.0. The van der Waals surface area contributed by atoms with Crippen LogP contribution < -0.4 is 5.73 Å². The molecule has 0 aliphatic carbocycles. The Bertz CT molecular complexity index is 534. The smallest absolute Gasteiger partial charge is 0.248 e. The number of hydrogen-bond donors (Lipinski definition) is 1. The summed E-state index contributed by atoms with van der Waals surface area (Å²) in [4.78, 5) is 13.2. The van der Waals surface area contributed by atoms with Gasteiger partial charge in [0.1, 0.15) is 0 Å². The molecule has 2 aromatic carbocycles. The minimum Gasteiger partial charge on any atom is -0.366 e. The Kier molecular flexibility index (Phi) is 4.31. The fraction of sp³-hybridized carbons (Fsp3) is 0.188. The zero-order valence-electron chi connectivity index (χ0n) is 11.0. The van der Waals surface area contributed by atoms with E-state index < -0.39 is 0 Å². The van der Waals surface area contributed by atoms with Crippen LogP contribution in [0.4, 0.5) is 0 Å². The average Bonchev–Trinajstić information content (AvgIpc) is 2.40. The molecule has 0 radical (unpaired) electrons. The first kappa shape index (κ1) is 13.3. The van der Waals surface area contributed by atoms with E-state index in [9.17, 15) is 4.79 Å². The maximum Gasteiger partial charge on any atom is 0.248 e. The molecule has 2 N–H and O–H groups in total. The van der Waals surface area contributed by atoms with Gasteiger partial charge in [0.15, 0.2) is 0 Å². The summed E-state index contributed by atoms with van der Waals surface area (Å²) >= 11 is 0. The van der Waals surface area contributed by atoms with Crippen molar-refractivity contribution in [3.05, 3.63) is 71.3 Å². The van der Waals surface area contributed by atoms with Crippen molar-refractivity contribution in [1.29, 1.82) is 0 Å². The summed E-state index contributed by atoms with van der Waals surface area (Å²) in [6.07, 6.45) is 0. The summed E-state index contributed by atoms with van der Waals surface area (Å²) in [5, 5.41) is 0. The van der Waals surface area contributed by atoms with E-state index >= 15 is 0 Å². The number of carbonyl (C=O) groups excluding carboxylic acids is 1. The number of benzene rings is 2. The van der Waals surface area contributed by atoms with E-state index in [2.05, 4.69) is 24.1 Å². The maximum atomic E-state index is 11.0. The van der Waals surface area contributed by atoms with Crippen LogP contribution in [-0.4, -0.2) is 17.9 Å². The molecule has 98 valence electrons. The van der Waals surface area contributed by atoms with Gasteiger partial charge in [-0.25, -0.2) is 0 Å². The Morgan fingerprint density at radius 1 is 0.947 bits per heavy atom. The second-order valence-corrected chi connectivity index (χ2v) is 4.72. The lowest BCUT2D eigenvalue weighted by atomic mass is 10.1. The third kappa shape index (κ3) is 3.93. The zero-order chi connectivity index (χ0) is 13.7. The van der Waals surface area contributed by atoms with Crippen molar-refractivity contribution in [2.75, 3.05) is 7.05 Å². The Labute approximate surface area is 113 Å². The zero-order valence-corrected chi connectivity index (χ0v) is 11.0. The highest BCUT2D eigenvalue weighted by Gasteiger charge is 2.03. The molecule has 2 rings (SSSR count). The number of rotatable bonds is 5. The second kappa shape index (κ2) is 6.16. The molecule has 19 heavy (non-hydrogen) atoms. The van der Waals surface area contributed by atoms with Gasteiger partial charge in [-0.3, -0.25) is 9.69 Å². The van der Waals surface area contributed by atoms with Gasteiger partial charge < -0.3 is 5.73 Å². The van der Waals surface area contributed by atoms with Gasteiger partial charge in [0.25, 0.3) is 0 Å². The van der Waals surface area contributed by atoms with E-state index in [1.165, 1.54) is 11.1 Å². The Balaban J connectivity index is 1.95. The van der Waals surface area contributed by atoms with Crippen LogP contribution in [0.25, 0.3) is 0 Å². The predicted molar refractivity (Wildman–Crippen MR) is 76.6 cm³/mol. The number of amides is 1. The molecular formula is C16H18N2O. The molecule has 0 atom stereocenters. The lowest BCUT2D eigenvalue weighted by molar-refractivity contribution is 0.100. The largest absolute Gasteiger partial charge is 0.366 e. The van der Waals surface area contributed by atoms with Crippen LogP contribution >= 0.6 is 0 Å². The van der Waals surface area contributed by atoms with E-state index in [0.29, 0.717) is 5.56 Å². The van der Waals surface area contributed by atoms with Crippen LogP contribution in [-0.2, 0) is 13.1 Å². The number of nitrogens with two attached hydrogens (primary N) is 1. The van der Waals surface area contributed by atoms with Crippen LogP contribution in [0.1, 0.15) is 21.5 Å². The van der Waals surface area contributed by atoms with Gasteiger partial charge in [-0.2, -0.15) is 0 Å². The van der Waals surface area contributed by atoms with E-state index in [0.717, 1.165) is 13.1 Å². The molecule has 0 aliphatic rings. The van der Waals surface area contributed by atoms with Crippen LogP contribution in [0.2, 0.25) is 0 Å². The number of nitrogens with zero attached hydrogens (tertiary/aromatic N) is 1. The second-order valence-electron chi connectivity index (χ2n) is 4.72. The Morgan fingerprint density at radius 3 is 2.00 bits per heavy atom. The molecule has 1 amide bonds. The predicted octanol–water partition coefficient (Wildman–Crippen LogP) is 2.42. The summed E-state index contributed by atoms with van der Waals surface area (Å²) in [6, 6.07) is 17.8. The lowest BCUT2D eigenvalue weighted by Crippen LogP contribution is -2.17. The molecule has 3 heteroatoms. The first-order chi connectivity index (χ1) is 9.15. The molecule has 0 unspecified atom stereocenters.